The Morgan fingerprint density at radius 2 is 1.85 bits per heavy atom. The summed E-state index contributed by atoms with van der Waals surface area (Å²) < 4.78 is 12.8. The molecule has 1 saturated heterocycles. The number of thioether (sulfide) groups is 1. The van der Waals surface area contributed by atoms with Crippen LogP contribution < -0.4 is 9.47 Å². The van der Waals surface area contributed by atoms with Crippen LogP contribution >= 0.6 is 23.1 Å². The molecule has 1 unspecified atom stereocenters. The fourth-order valence-electron chi connectivity index (χ4n) is 4.90. The molecule has 11 heteroatoms. The van der Waals surface area contributed by atoms with Crippen molar-refractivity contribution in [3.63, 3.8) is 0 Å². The third-order valence-electron chi connectivity index (χ3n) is 7.04. The number of thiophene rings is 1. The fourth-order valence-corrected chi connectivity index (χ4v) is 6.49. The molecule has 0 N–H and O–H groups in total. The van der Waals surface area contributed by atoms with Gasteiger partial charge in [-0.2, -0.15) is 0 Å². The number of nitrogens with zero attached hydrogens (tertiary/aromatic N) is 5. The number of carbonyl (C=O) groups excluding carboxylic acids is 2. The summed E-state index contributed by atoms with van der Waals surface area (Å²) in [5, 5.41) is 11.8. The lowest BCUT2D eigenvalue weighted by Crippen LogP contribution is -2.55. The Morgan fingerprint density at radius 1 is 1.02 bits per heavy atom. The van der Waals surface area contributed by atoms with Crippen molar-refractivity contribution in [3.05, 3.63) is 71.6 Å². The lowest BCUT2D eigenvalue weighted by molar-refractivity contribution is -0.133. The normalized spacial score (nSPS) is 15.1. The van der Waals surface area contributed by atoms with Crippen LogP contribution in [-0.4, -0.2) is 82.0 Å². The molecule has 9 nitrogen and oxygen atoms in total. The Labute approximate surface area is 248 Å². The highest BCUT2D eigenvalue weighted by Gasteiger charge is 2.31. The molecule has 4 aromatic rings. The Bertz CT molecular complexity index is 1480. The molecule has 5 rings (SSSR count). The van der Waals surface area contributed by atoms with E-state index in [2.05, 4.69) is 14.8 Å². The molecule has 1 aliphatic rings. The van der Waals surface area contributed by atoms with Gasteiger partial charge in [0.05, 0.1) is 24.7 Å². The van der Waals surface area contributed by atoms with Gasteiger partial charge in [-0.25, -0.2) is 0 Å². The summed E-state index contributed by atoms with van der Waals surface area (Å²) in [6.45, 7) is 3.46. The van der Waals surface area contributed by atoms with Crippen LogP contribution in [0, 0.1) is 0 Å². The fraction of sp³-hybridized carbons (Fsp3) is 0.333. The van der Waals surface area contributed by atoms with Crippen molar-refractivity contribution in [2.45, 2.75) is 31.0 Å². The summed E-state index contributed by atoms with van der Waals surface area (Å²) in [5.41, 5.74) is 1.50. The largest absolute Gasteiger partial charge is 0.497 e. The van der Waals surface area contributed by atoms with E-state index >= 15 is 0 Å². The van der Waals surface area contributed by atoms with Crippen LogP contribution in [0.1, 0.15) is 30.1 Å². The maximum Gasteiger partial charge on any atom is 0.257 e. The van der Waals surface area contributed by atoms with Gasteiger partial charge in [0.15, 0.2) is 11.0 Å². The third-order valence-corrected chi connectivity index (χ3v) is 8.92. The van der Waals surface area contributed by atoms with E-state index in [-0.39, 0.29) is 17.9 Å². The lowest BCUT2D eigenvalue weighted by Gasteiger charge is -2.40. The van der Waals surface area contributed by atoms with Gasteiger partial charge in [0.25, 0.3) is 5.91 Å². The Kier molecular flexibility index (Phi) is 9.25. The zero-order chi connectivity index (χ0) is 28.8. The maximum absolute atomic E-state index is 13.3. The van der Waals surface area contributed by atoms with Gasteiger partial charge in [-0.3, -0.25) is 14.2 Å². The van der Waals surface area contributed by atoms with Crippen LogP contribution in [0.4, 0.5) is 0 Å². The summed E-state index contributed by atoms with van der Waals surface area (Å²) in [6, 6.07) is 19.2. The number of hydrogen-bond donors (Lipinski definition) is 0. The van der Waals surface area contributed by atoms with E-state index in [4.69, 9.17) is 9.47 Å². The Hall–Kier alpha value is -3.83. The van der Waals surface area contributed by atoms with Crippen molar-refractivity contribution in [1.82, 2.24) is 24.6 Å². The SMILES string of the molecule is COc1ccc(C(=O)N2CCN(C(=O)CCCSc3nnc(-c4cccs4)n3-c3ccccc3)CC2C)c(OC)c1. The predicted octanol–water partition coefficient (Wildman–Crippen LogP) is 5.26. The van der Waals surface area contributed by atoms with Crippen LogP contribution in [0.15, 0.2) is 71.2 Å². The molecule has 1 fully saturated rings. The number of benzene rings is 2. The highest BCUT2D eigenvalue weighted by Crippen LogP contribution is 2.31. The van der Waals surface area contributed by atoms with Gasteiger partial charge < -0.3 is 19.3 Å². The van der Waals surface area contributed by atoms with Gasteiger partial charge in [0, 0.05) is 49.6 Å². The zero-order valence-electron chi connectivity index (χ0n) is 23.4. The molecule has 2 aromatic heterocycles. The van der Waals surface area contributed by atoms with Crippen LogP contribution in [0.25, 0.3) is 16.4 Å². The van der Waals surface area contributed by atoms with Gasteiger partial charge in [-0.15, -0.1) is 21.5 Å². The molecule has 41 heavy (non-hydrogen) atoms. The second-order valence-corrected chi connectivity index (χ2v) is 11.7. The minimum atomic E-state index is -0.110. The van der Waals surface area contributed by atoms with E-state index < -0.39 is 0 Å². The van der Waals surface area contributed by atoms with Crippen molar-refractivity contribution in [2.24, 2.45) is 0 Å². The molecule has 0 spiro atoms. The van der Waals surface area contributed by atoms with E-state index in [1.807, 2.05) is 64.6 Å². The van der Waals surface area contributed by atoms with E-state index in [1.165, 1.54) is 7.11 Å². The molecule has 1 aliphatic heterocycles. The first kappa shape index (κ1) is 28.7. The summed E-state index contributed by atoms with van der Waals surface area (Å²) in [4.78, 5) is 31.1. The smallest absolute Gasteiger partial charge is 0.257 e. The number of hydrogen-bond acceptors (Lipinski definition) is 8. The Morgan fingerprint density at radius 3 is 2.56 bits per heavy atom. The van der Waals surface area contributed by atoms with Gasteiger partial charge in [-0.1, -0.05) is 36.0 Å². The summed E-state index contributed by atoms with van der Waals surface area (Å²) >= 11 is 3.24. The number of aromatic nitrogens is 3. The van der Waals surface area contributed by atoms with Crippen LogP contribution in [0.2, 0.25) is 0 Å². The molecule has 0 aliphatic carbocycles. The predicted molar refractivity (Wildman–Crippen MR) is 161 cm³/mol. The number of ether oxygens (including phenoxy) is 2. The highest BCUT2D eigenvalue weighted by molar-refractivity contribution is 7.99. The third kappa shape index (κ3) is 6.41. The van der Waals surface area contributed by atoms with Gasteiger partial charge in [-0.05, 0) is 49.1 Å². The quantitative estimate of drug-likeness (QED) is 0.184. The second-order valence-electron chi connectivity index (χ2n) is 9.66. The summed E-state index contributed by atoms with van der Waals surface area (Å²) in [7, 11) is 3.12. The minimum absolute atomic E-state index is 0.107. The monoisotopic (exact) mass is 591 g/mol. The van der Waals surface area contributed by atoms with Gasteiger partial charge in [0.2, 0.25) is 5.91 Å². The second kappa shape index (κ2) is 13.2. The van der Waals surface area contributed by atoms with E-state index in [1.54, 1.807) is 48.4 Å². The summed E-state index contributed by atoms with van der Waals surface area (Å²) in [5.74, 6) is 2.66. The number of methoxy groups -OCH3 is 2. The number of piperazine rings is 1. The first-order chi connectivity index (χ1) is 20.0. The first-order valence-electron chi connectivity index (χ1n) is 13.5. The molecule has 3 heterocycles. The van der Waals surface area contributed by atoms with Crippen molar-refractivity contribution in [2.75, 3.05) is 39.6 Å². The molecule has 2 amide bonds. The minimum Gasteiger partial charge on any atom is -0.497 e. The van der Waals surface area contributed by atoms with Crippen LogP contribution in [0.5, 0.6) is 11.5 Å². The van der Waals surface area contributed by atoms with Gasteiger partial charge >= 0.3 is 0 Å². The van der Waals surface area contributed by atoms with E-state index in [9.17, 15) is 9.59 Å². The number of carbonyl (C=O) groups is 2. The van der Waals surface area contributed by atoms with Gasteiger partial charge in [0.1, 0.15) is 11.5 Å². The molecule has 0 radical (unpaired) electrons. The number of rotatable bonds is 10. The summed E-state index contributed by atoms with van der Waals surface area (Å²) in [6.07, 6.45) is 1.16. The molecule has 2 aromatic carbocycles. The van der Waals surface area contributed by atoms with Crippen molar-refractivity contribution in [3.8, 4) is 27.9 Å². The van der Waals surface area contributed by atoms with Crippen molar-refractivity contribution < 1.29 is 19.1 Å². The van der Waals surface area contributed by atoms with Crippen molar-refractivity contribution >= 4 is 34.9 Å². The molecular formula is C30H33N5O4S2. The maximum atomic E-state index is 13.3. The molecule has 214 valence electrons. The standard InChI is InChI=1S/C30H33N5O4S2/c1-21-20-33(15-16-34(21)29(37)24-14-13-23(38-2)19-25(24)39-3)27(36)12-8-18-41-30-32-31-28(26-11-7-17-40-26)35(30)22-9-5-4-6-10-22/h4-7,9-11,13-14,17,19,21H,8,12,15-16,18,20H2,1-3H3. The molecular weight excluding hydrogens is 558 g/mol. The molecule has 0 bridgehead atoms. The van der Waals surface area contributed by atoms with Crippen LogP contribution in [0.3, 0.4) is 0 Å². The molecule has 0 saturated carbocycles. The first-order valence-corrected chi connectivity index (χ1v) is 15.3. The van der Waals surface area contributed by atoms with E-state index in [0.29, 0.717) is 43.1 Å². The molecule has 1 atom stereocenters. The number of para-hydroxylation sites is 1. The number of amides is 2. The van der Waals surface area contributed by atoms with E-state index in [0.717, 1.165) is 33.7 Å². The highest BCUT2D eigenvalue weighted by atomic mass is 32.2. The topological polar surface area (TPSA) is 89.8 Å². The Balaban J connectivity index is 1.15. The lowest BCUT2D eigenvalue weighted by atomic mass is 10.1. The zero-order valence-corrected chi connectivity index (χ0v) is 25.0. The van der Waals surface area contributed by atoms with Crippen LogP contribution in [-0.2, 0) is 4.79 Å². The van der Waals surface area contributed by atoms with Crippen molar-refractivity contribution in [1.29, 1.82) is 0 Å². The average molecular weight is 592 g/mol. The average Bonchev–Trinajstić information content (AvgIpc) is 3.69.